The number of H-pyrrole nitrogens is 1. The lowest BCUT2D eigenvalue weighted by Gasteiger charge is -2.14. The van der Waals surface area contributed by atoms with Gasteiger partial charge < -0.3 is 29.7 Å². The van der Waals surface area contributed by atoms with Crippen molar-refractivity contribution >= 4 is 17.1 Å². The predicted molar refractivity (Wildman–Crippen MR) is 111 cm³/mol. The first-order valence-corrected chi connectivity index (χ1v) is 9.69. The number of benzene rings is 1. The topological polar surface area (TPSA) is 144 Å². The predicted octanol–water partition coefficient (Wildman–Crippen LogP) is 1.09. The number of carbonyl (C=O) groups is 1. The lowest BCUT2D eigenvalue weighted by molar-refractivity contribution is 0.0970. The minimum atomic E-state index is -0.786. The molecule has 1 saturated heterocycles. The van der Waals surface area contributed by atoms with Crippen LogP contribution >= 0.6 is 0 Å². The summed E-state index contributed by atoms with van der Waals surface area (Å²) < 4.78 is 23.2. The molecule has 31 heavy (non-hydrogen) atoms. The van der Waals surface area contributed by atoms with Crippen LogP contribution in [0.5, 0.6) is 17.2 Å². The minimum Gasteiger partial charge on any atom is -0.493 e. The van der Waals surface area contributed by atoms with Gasteiger partial charge in [-0.2, -0.15) is 0 Å². The van der Waals surface area contributed by atoms with E-state index in [1.54, 1.807) is 12.1 Å². The average Bonchev–Trinajstić information content (AvgIpc) is 3.40. The molecule has 4 rings (SSSR count). The van der Waals surface area contributed by atoms with Gasteiger partial charge in [0.25, 0.3) is 5.91 Å². The molecule has 0 bridgehead atoms. The van der Waals surface area contributed by atoms with Gasteiger partial charge in [-0.05, 0) is 25.0 Å². The van der Waals surface area contributed by atoms with Crippen LogP contribution < -0.4 is 25.6 Å². The fraction of sp³-hybridized carbons (Fsp3) is 0.400. The molecule has 1 aliphatic heterocycles. The van der Waals surface area contributed by atoms with E-state index in [1.165, 1.54) is 25.9 Å². The Hall–Kier alpha value is -3.60. The summed E-state index contributed by atoms with van der Waals surface area (Å²) in [5.41, 5.74) is 6.01. The van der Waals surface area contributed by atoms with Crippen molar-refractivity contribution in [2.45, 2.75) is 25.5 Å². The molecule has 1 amide bonds. The molecule has 0 radical (unpaired) electrons. The maximum Gasteiger partial charge on any atom is 0.327 e. The van der Waals surface area contributed by atoms with E-state index in [9.17, 15) is 9.59 Å². The number of nitrogens with two attached hydrogens (primary N) is 1. The van der Waals surface area contributed by atoms with Gasteiger partial charge in [-0.3, -0.25) is 9.36 Å². The summed E-state index contributed by atoms with van der Waals surface area (Å²) in [6, 6.07) is 3.31. The zero-order valence-corrected chi connectivity index (χ0v) is 17.4. The molecule has 1 aliphatic rings. The Labute approximate surface area is 177 Å². The number of hydrogen-bond acceptors (Lipinski definition) is 8. The van der Waals surface area contributed by atoms with E-state index >= 15 is 0 Å². The molecule has 3 aromatic rings. The van der Waals surface area contributed by atoms with Crippen LogP contribution in [-0.4, -0.2) is 59.5 Å². The van der Waals surface area contributed by atoms with Gasteiger partial charge in [-0.25, -0.2) is 14.8 Å². The Bertz CT molecular complexity index is 1170. The summed E-state index contributed by atoms with van der Waals surface area (Å²) in [6.45, 7) is 0.961. The number of hydrogen-bond donors (Lipinski definition) is 2. The van der Waals surface area contributed by atoms with Gasteiger partial charge in [0.2, 0.25) is 5.75 Å². The molecular formula is C20H23N5O6. The van der Waals surface area contributed by atoms with Gasteiger partial charge in [-0.1, -0.05) is 0 Å². The van der Waals surface area contributed by atoms with Crippen molar-refractivity contribution in [3.05, 3.63) is 28.3 Å². The van der Waals surface area contributed by atoms with Crippen LogP contribution in [0.15, 0.2) is 16.9 Å². The number of imidazole rings is 1. The van der Waals surface area contributed by atoms with Crippen molar-refractivity contribution in [2.24, 2.45) is 5.73 Å². The summed E-state index contributed by atoms with van der Waals surface area (Å²) in [4.78, 5) is 36.2. The van der Waals surface area contributed by atoms with Crippen molar-refractivity contribution in [3.63, 3.8) is 0 Å². The Morgan fingerprint density at radius 1 is 1.23 bits per heavy atom. The highest BCUT2D eigenvalue weighted by atomic mass is 16.5. The van der Waals surface area contributed by atoms with E-state index in [2.05, 4.69) is 15.0 Å². The average molecular weight is 429 g/mol. The quantitative estimate of drug-likeness (QED) is 0.568. The molecule has 3 heterocycles. The van der Waals surface area contributed by atoms with Crippen LogP contribution in [0, 0.1) is 0 Å². The third-order valence-corrected chi connectivity index (χ3v) is 5.19. The molecule has 0 spiro atoms. The Balaban J connectivity index is 1.92. The number of fused-ring (bicyclic) bond motifs is 1. The smallest absolute Gasteiger partial charge is 0.327 e. The van der Waals surface area contributed by atoms with Crippen molar-refractivity contribution in [1.82, 2.24) is 19.5 Å². The second-order valence-corrected chi connectivity index (χ2v) is 7.05. The molecule has 0 aliphatic carbocycles. The van der Waals surface area contributed by atoms with E-state index in [0.717, 1.165) is 12.8 Å². The van der Waals surface area contributed by atoms with Crippen LogP contribution in [0.2, 0.25) is 0 Å². The summed E-state index contributed by atoms with van der Waals surface area (Å²) in [5, 5.41) is 0. The van der Waals surface area contributed by atoms with Crippen LogP contribution in [0.3, 0.4) is 0 Å². The number of aromatic nitrogens is 4. The second kappa shape index (κ2) is 8.26. The molecule has 1 aromatic carbocycles. The number of nitrogens with zero attached hydrogens (tertiary/aromatic N) is 3. The molecule has 1 atom stereocenters. The molecular weight excluding hydrogens is 406 g/mol. The second-order valence-electron chi connectivity index (χ2n) is 7.05. The van der Waals surface area contributed by atoms with Crippen LogP contribution in [0.4, 0.5) is 0 Å². The highest BCUT2D eigenvalue weighted by molar-refractivity contribution is 6.01. The van der Waals surface area contributed by atoms with Gasteiger partial charge in [0.05, 0.1) is 34.0 Å². The number of nitrogens with one attached hydrogen (secondary N) is 1. The van der Waals surface area contributed by atoms with E-state index in [1.807, 2.05) is 0 Å². The first-order chi connectivity index (χ1) is 15.0. The molecule has 0 saturated carbocycles. The van der Waals surface area contributed by atoms with Gasteiger partial charge >= 0.3 is 5.69 Å². The highest BCUT2D eigenvalue weighted by Gasteiger charge is 2.24. The Morgan fingerprint density at radius 2 is 1.94 bits per heavy atom. The summed E-state index contributed by atoms with van der Waals surface area (Å²) in [7, 11) is 4.48. The van der Waals surface area contributed by atoms with E-state index < -0.39 is 11.6 Å². The van der Waals surface area contributed by atoms with Gasteiger partial charge in [-0.15, -0.1) is 0 Å². The van der Waals surface area contributed by atoms with Crippen LogP contribution in [0.1, 0.15) is 23.3 Å². The number of methoxy groups -OCH3 is 3. The van der Waals surface area contributed by atoms with E-state index in [-0.39, 0.29) is 28.8 Å². The fourth-order valence-corrected chi connectivity index (χ4v) is 3.71. The van der Waals surface area contributed by atoms with Crippen molar-refractivity contribution in [1.29, 1.82) is 0 Å². The zero-order valence-electron chi connectivity index (χ0n) is 17.4. The molecule has 1 fully saturated rings. The largest absolute Gasteiger partial charge is 0.493 e. The number of rotatable bonds is 7. The molecule has 11 heteroatoms. The van der Waals surface area contributed by atoms with Crippen molar-refractivity contribution < 1.29 is 23.7 Å². The monoisotopic (exact) mass is 429 g/mol. The molecule has 0 unspecified atom stereocenters. The summed E-state index contributed by atoms with van der Waals surface area (Å²) in [6.07, 6.45) is 1.67. The fourth-order valence-electron chi connectivity index (χ4n) is 3.71. The molecule has 164 valence electrons. The number of ether oxygens (including phenoxy) is 4. The van der Waals surface area contributed by atoms with Crippen molar-refractivity contribution in [2.75, 3.05) is 27.9 Å². The third-order valence-electron chi connectivity index (χ3n) is 5.19. The maximum absolute atomic E-state index is 12.6. The zero-order chi connectivity index (χ0) is 22.1. The highest BCUT2D eigenvalue weighted by Crippen LogP contribution is 2.40. The van der Waals surface area contributed by atoms with Gasteiger partial charge in [0.1, 0.15) is 5.52 Å². The SMILES string of the molecule is COc1cc(-c2nc(C(N)=O)c3[nH]c(=O)n(C[C@@H]4CCCO4)c3n2)cc(OC)c1OC. The van der Waals surface area contributed by atoms with Gasteiger partial charge in [0.15, 0.2) is 28.7 Å². The molecule has 11 nitrogen and oxygen atoms in total. The Kier molecular flexibility index (Phi) is 5.51. The normalized spacial score (nSPS) is 15.9. The minimum absolute atomic E-state index is 0.0862. The first kappa shape index (κ1) is 20.7. The van der Waals surface area contributed by atoms with E-state index in [0.29, 0.717) is 36.0 Å². The summed E-state index contributed by atoms with van der Waals surface area (Å²) in [5.74, 6) is 0.591. The standard InChI is InChI=1S/C20H23N5O6/c1-28-12-7-10(8-13(29-2)16(12)30-3)18-22-14(17(21)26)15-19(24-18)25(20(27)23-15)9-11-5-4-6-31-11/h7-8,11H,4-6,9H2,1-3H3,(H2,21,26)(H,23,27)/t11-/m0/s1. The Morgan fingerprint density at radius 3 is 2.48 bits per heavy atom. The number of aromatic amines is 1. The summed E-state index contributed by atoms with van der Waals surface area (Å²) >= 11 is 0. The number of primary amides is 1. The molecule has 2 aromatic heterocycles. The lowest BCUT2D eigenvalue weighted by atomic mass is 10.1. The van der Waals surface area contributed by atoms with Crippen molar-refractivity contribution in [3.8, 4) is 28.6 Å². The molecule has 3 N–H and O–H groups in total. The van der Waals surface area contributed by atoms with Gasteiger partial charge in [0, 0.05) is 12.2 Å². The van der Waals surface area contributed by atoms with E-state index in [4.69, 9.17) is 24.7 Å². The lowest BCUT2D eigenvalue weighted by Crippen LogP contribution is -2.24. The number of amides is 1. The first-order valence-electron chi connectivity index (χ1n) is 9.69. The van der Waals surface area contributed by atoms with Crippen LogP contribution in [0.25, 0.3) is 22.6 Å². The maximum atomic E-state index is 12.6. The van der Waals surface area contributed by atoms with Crippen LogP contribution in [-0.2, 0) is 11.3 Å². The number of carbonyl (C=O) groups excluding carboxylic acids is 1. The third kappa shape index (κ3) is 3.67.